The molecule has 0 aliphatic rings. The van der Waals surface area contributed by atoms with E-state index in [-0.39, 0.29) is 18.4 Å². The number of aryl methyl sites for hydroxylation is 1. The molecule has 19 heavy (non-hydrogen) atoms. The third-order valence-corrected chi connectivity index (χ3v) is 2.86. The molecule has 5 heteroatoms. The van der Waals surface area contributed by atoms with Crippen molar-refractivity contribution in [2.24, 2.45) is 5.73 Å². The van der Waals surface area contributed by atoms with Crippen molar-refractivity contribution in [1.82, 2.24) is 5.32 Å². The van der Waals surface area contributed by atoms with E-state index in [1.807, 2.05) is 31.2 Å². The molecule has 104 valence electrons. The van der Waals surface area contributed by atoms with Crippen LogP contribution in [0.4, 0.5) is 0 Å². The lowest BCUT2D eigenvalue weighted by Gasteiger charge is -2.17. The molecule has 0 aromatic heterocycles. The Balaban J connectivity index is 2.81. The fourth-order valence-corrected chi connectivity index (χ4v) is 1.64. The molecule has 1 unspecified atom stereocenters. The van der Waals surface area contributed by atoms with E-state index in [0.29, 0.717) is 0 Å². The third kappa shape index (κ3) is 4.37. The molecule has 0 aliphatic carbocycles. The lowest BCUT2D eigenvalue weighted by molar-refractivity contribution is -0.142. The maximum Gasteiger partial charge on any atom is 0.314 e. The maximum absolute atomic E-state index is 11.8. The van der Waals surface area contributed by atoms with Crippen molar-refractivity contribution in [3.05, 3.63) is 35.4 Å². The van der Waals surface area contributed by atoms with E-state index in [0.717, 1.165) is 11.1 Å². The predicted molar refractivity (Wildman–Crippen MR) is 72.6 cm³/mol. The van der Waals surface area contributed by atoms with Gasteiger partial charge in [0.25, 0.3) is 0 Å². The van der Waals surface area contributed by atoms with E-state index in [1.165, 1.54) is 7.11 Å². The Kier molecular flexibility index (Phi) is 5.51. The molecular formula is C14H20N2O3. The zero-order chi connectivity index (χ0) is 14.4. The van der Waals surface area contributed by atoms with Gasteiger partial charge < -0.3 is 15.8 Å². The molecule has 0 saturated carbocycles. The first kappa shape index (κ1) is 15.2. The Hall–Kier alpha value is -1.88. The Morgan fingerprint density at radius 1 is 1.32 bits per heavy atom. The summed E-state index contributed by atoms with van der Waals surface area (Å²) in [7, 11) is 1.33. The topological polar surface area (TPSA) is 81.4 Å². The molecule has 5 nitrogen and oxygen atoms in total. The Morgan fingerprint density at radius 3 is 2.37 bits per heavy atom. The number of hydrogen-bond donors (Lipinski definition) is 2. The van der Waals surface area contributed by atoms with Crippen molar-refractivity contribution in [1.29, 1.82) is 0 Å². The van der Waals surface area contributed by atoms with Gasteiger partial charge in [-0.1, -0.05) is 29.8 Å². The van der Waals surface area contributed by atoms with Gasteiger partial charge in [0.15, 0.2) is 0 Å². The monoisotopic (exact) mass is 264 g/mol. The second kappa shape index (κ2) is 6.89. The number of carbonyl (C=O) groups excluding carboxylic acids is 2. The van der Waals surface area contributed by atoms with Crippen LogP contribution in [0.3, 0.4) is 0 Å². The third-order valence-electron chi connectivity index (χ3n) is 2.86. The van der Waals surface area contributed by atoms with Gasteiger partial charge in [-0.25, -0.2) is 0 Å². The molecule has 2 atom stereocenters. The van der Waals surface area contributed by atoms with E-state index in [9.17, 15) is 9.59 Å². The number of carbonyl (C=O) groups is 2. The molecule has 3 N–H and O–H groups in total. The maximum atomic E-state index is 11.8. The number of rotatable bonds is 5. The highest BCUT2D eigenvalue weighted by Gasteiger charge is 2.22. The van der Waals surface area contributed by atoms with Crippen LogP contribution in [0, 0.1) is 6.92 Å². The Labute approximate surface area is 113 Å². The molecule has 0 bridgehead atoms. The molecule has 0 aliphatic heterocycles. The number of nitrogens with two attached hydrogens (primary N) is 1. The van der Waals surface area contributed by atoms with Gasteiger partial charge in [0.2, 0.25) is 5.91 Å². The minimum atomic E-state index is -0.601. The summed E-state index contributed by atoms with van der Waals surface area (Å²) in [5.41, 5.74) is 7.37. The molecular weight excluding hydrogens is 244 g/mol. The van der Waals surface area contributed by atoms with Crippen LogP contribution in [0.15, 0.2) is 24.3 Å². The lowest BCUT2D eigenvalue weighted by atomic mass is 9.98. The number of hydrogen-bond acceptors (Lipinski definition) is 4. The van der Waals surface area contributed by atoms with E-state index in [1.54, 1.807) is 6.92 Å². The van der Waals surface area contributed by atoms with Crippen LogP contribution in [0.5, 0.6) is 0 Å². The van der Waals surface area contributed by atoms with Crippen LogP contribution in [-0.4, -0.2) is 31.6 Å². The van der Waals surface area contributed by atoms with Crippen molar-refractivity contribution in [2.45, 2.75) is 25.8 Å². The van der Waals surface area contributed by atoms with Crippen molar-refractivity contribution in [2.75, 3.05) is 13.7 Å². The fraction of sp³-hybridized carbons (Fsp3) is 0.429. The van der Waals surface area contributed by atoms with Gasteiger partial charge in [0.05, 0.1) is 19.1 Å². The number of methoxy groups -OCH3 is 1. The molecule has 1 aromatic rings. The number of esters is 1. The van der Waals surface area contributed by atoms with Crippen LogP contribution in [-0.2, 0) is 14.3 Å². The van der Waals surface area contributed by atoms with Gasteiger partial charge in [0.1, 0.15) is 0 Å². The summed E-state index contributed by atoms with van der Waals surface area (Å²) in [6.07, 6.45) is 0. The summed E-state index contributed by atoms with van der Waals surface area (Å²) in [5, 5.41) is 2.65. The number of benzene rings is 1. The van der Waals surface area contributed by atoms with Crippen molar-refractivity contribution < 1.29 is 14.3 Å². The average Bonchev–Trinajstić information content (AvgIpc) is 2.40. The number of nitrogens with one attached hydrogen (secondary N) is 1. The number of amides is 1. The molecule has 1 aromatic carbocycles. The molecule has 1 rings (SSSR count). The minimum Gasteiger partial charge on any atom is -0.468 e. The van der Waals surface area contributed by atoms with Gasteiger partial charge in [-0.05, 0) is 19.4 Å². The fourth-order valence-electron chi connectivity index (χ4n) is 1.64. The first-order chi connectivity index (χ1) is 8.95. The average molecular weight is 264 g/mol. The largest absolute Gasteiger partial charge is 0.468 e. The first-order valence-corrected chi connectivity index (χ1v) is 6.13. The van der Waals surface area contributed by atoms with Crippen LogP contribution >= 0.6 is 0 Å². The Morgan fingerprint density at radius 2 is 1.89 bits per heavy atom. The standard InChI is InChI=1S/C14H20N2O3/c1-9-4-6-11(7-5-9)12(14(18)19-3)8-16-13(17)10(2)15/h4-7,10,12H,8,15H2,1-3H3,(H,16,17)/t10-,12?/m1/s1. The normalized spacial score (nSPS) is 13.5. The molecule has 0 spiro atoms. The van der Waals surface area contributed by atoms with Gasteiger partial charge in [-0.3, -0.25) is 9.59 Å². The quantitative estimate of drug-likeness (QED) is 0.768. The van der Waals surface area contributed by atoms with Gasteiger partial charge in [-0.15, -0.1) is 0 Å². The molecule has 0 saturated heterocycles. The number of ether oxygens (including phenoxy) is 1. The summed E-state index contributed by atoms with van der Waals surface area (Å²) in [6, 6.07) is 6.94. The first-order valence-electron chi connectivity index (χ1n) is 6.13. The van der Waals surface area contributed by atoms with Crippen LogP contribution in [0.25, 0.3) is 0 Å². The van der Waals surface area contributed by atoms with E-state index in [2.05, 4.69) is 5.32 Å². The summed E-state index contributed by atoms with van der Waals surface area (Å²) >= 11 is 0. The van der Waals surface area contributed by atoms with Crippen LogP contribution < -0.4 is 11.1 Å². The highest BCUT2D eigenvalue weighted by atomic mass is 16.5. The van der Waals surface area contributed by atoms with E-state index >= 15 is 0 Å². The zero-order valence-electron chi connectivity index (χ0n) is 11.5. The van der Waals surface area contributed by atoms with Gasteiger partial charge >= 0.3 is 5.97 Å². The molecule has 0 heterocycles. The van der Waals surface area contributed by atoms with Gasteiger partial charge in [0, 0.05) is 6.54 Å². The Bertz CT molecular complexity index is 441. The van der Waals surface area contributed by atoms with Gasteiger partial charge in [-0.2, -0.15) is 0 Å². The summed E-state index contributed by atoms with van der Waals surface area (Å²) in [4.78, 5) is 23.2. The second-order valence-electron chi connectivity index (χ2n) is 4.52. The van der Waals surface area contributed by atoms with Crippen molar-refractivity contribution in [3.8, 4) is 0 Å². The molecule has 0 radical (unpaired) electrons. The highest BCUT2D eigenvalue weighted by molar-refractivity contribution is 5.83. The predicted octanol–water partition coefficient (Wildman–Crippen LogP) is 0.715. The SMILES string of the molecule is COC(=O)C(CNC(=O)[C@@H](C)N)c1ccc(C)cc1. The van der Waals surface area contributed by atoms with Crippen molar-refractivity contribution >= 4 is 11.9 Å². The molecule has 0 fully saturated rings. The van der Waals surface area contributed by atoms with Crippen molar-refractivity contribution in [3.63, 3.8) is 0 Å². The second-order valence-corrected chi connectivity index (χ2v) is 4.52. The lowest BCUT2D eigenvalue weighted by Crippen LogP contribution is -2.41. The zero-order valence-corrected chi connectivity index (χ0v) is 11.5. The summed E-state index contributed by atoms with van der Waals surface area (Å²) < 4.78 is 4.77. The van der Waals surface area contributed by atoms with E-state index in [4.69, 9.17) is 10.5 Å². The molecule has 1 amide bonds. The highest BCUT2D eigenvalue weighted by Crippen LogP contribution is 2.17. The minimum absolute atomic E-state index is 0.177. The van der Waals surface area contributed by atoms with Crippen LogP contribution in [0.2, 0.25) is 0 Å². The summed E-state index contributed by atoms with van der Waals surface area (Å²) in [5.74, 6) is -1.19. The van der Waals surface area contributed by atoms with Crippen LogP contribution in [0.1, 0.15) is 24.0 Å². The smallest absolute Gasteiger partial charge is 0.314 e. The summed E-state index contributed by atoms with van der Waals surface area (Å²) in [6.45, 7) is 3.74. The van der Waals surface area contributed by atoms with E-state index < -0.39 is 12.0 Å².